The second kappa shape index (κ2) is 4.77. The van der Waals surface area contributed by atoms with Crippen molar-refractivity contribution in [3.63, 3.8) is 0 Å². The first kappa shape index (κ1) is 13.4. The predicted octanol–water partition coefficient (Wildman–Crippen LogP) is 2.83. The Bertz CT molecular complexity index is 634. The molecule has 0 amide bonds. The third-order valence-corrected chi connectivity index (χ3v) is 4.81. The highest BCUT2D eigenvalue weighted by Crippen LogP contribution is 2.40. The minimum atomic E-state index is -0.0116. The van der Waals surface area contributed by atoms with Gasteiger partial charge in [0.2, 0.25) is 0 Å². The van der Waals surface area contributed by atoms with Gasteiger partial charge in [-0.15, -0.1) is 0 Å². The fraction of sp³-hybridized carbons (Fsp3) is 0.562. The van der Waals surface area contributed by atoms with Crippen LogP contribution in [0.15, 0.2) is 18.2 Å². The first-order valence-corrected chi connectivity index (χ1v) is 7.40. The molecule has 1 saturated carbocycles. The van der Waals surface area contributed by atoms with Crippen molar-refractivity contribution in [3.8, 4) is 5.75 Å². The summed E-state index contributed by atoms with van der Waals surface area (Å²) in [6.07, 6.45) is 3.40. The average Bonchev–Trinajstić information content (AvgIpc) is 2.99. The Morgan fingerprint density at radius 1 is 1.50 bits per heavy atom. The van der Waals surface area contributed by atoms with Crippen LogP contribution in [0.2, 0.25) is 0 Å². The van der Waals surface area contributed by atoms with Gasteiger partial charge < -0.3 is 15.0 Å². The van der Waals surface area contributed by atoms with Crippen LogP contribution >= 0.6 is 0 Å². The van der Waals surface area contributed by atoms with Gasteiger partial charge in [-0.05, 0) is 31.9 Å². The number of aryl methyl sites for hydroxylation is 1. The third-order valence-electron chi connectivity index (χ3n) is 4.81. The van der Waals surface area contributed by atoms with E-state index >= 15 is 0 Å². The van der Waals surface area contributed by atoms with Crippen LogP contribution in [0, 0.1) is 0 Å². The summed E-state index contributed by atoms with van der Waals surface area (Å²) in [5.74, 6) is 1.99. The Balaban J connectivity index is 2.20. The van der Waals surface area contributed by atoms with Crippen molar-refractivity contribution in [2.24, 2.45) is 5.73 Å². The summed E-state index contributed by atoms with van der Waals surface area (Å²) < 4.78 is 7.61. The molecule has 1 fully saturated rings. The summed E-state index contributed by atoms with van der Waals surface area (Å²) in [4.78, 5) is 4.90. The zero-order valence-electron chi connectivity index (χ0n) is 12.5. The van der Waals surface area contributed by atoms with E-state index < -0.39 is 0 Å². The highest BCUT2D eigenvalue weighted by Gasteiger charge is 2.41. The van der Waals surface area contributed by atoms with Crippen molar-refractivity contribution >= 4 is 11.0 Å². The number of aromatic nitrogens is 2. The standard InChI is InChI=1S/C16H23N3O/c1-4-19-13-8-7-11(20-3)10-12(13)18-15(19)16(2)9-5-6-14(16)17/h7-8,10,14H,4-6,9,17H2,1-3H3. The second-order valence-electron chi connectivity index (χ2n) is 5.95. The van der Waals surface area contributed by atoms with Gasteiger partial charge in [-0.1, -0.05) is 13.3 Å². The normalized spacial score (nSPS) is 26.3. The van der Waals surface area contributed by atoms with E-state index in [9.17, 15) is 0 Å². The summed E-state index contributed by atoms with van der Waals surface area (Å²) in [5.41, 5.74) is 8.53. The summed E-state index contributed by atoms with van der Waals surface area (Å²) in [6, 6.07) is 6.30. The topological polar surface area (TPSA) is 53.1 Å². The van der Waals surface area contributed by atoms with Crippen LogP contribution < -0.4 is 10.5 Å². The lowest BCUT2D eigenvalue weighted by atomic mass is 9.84. The molecule has 4 nitrogen and oxygen atoms in total. The Labute approximate surface area is 119 Å². The smallest absolute Gasteiger partial charge is 0.121 e. The Hall–Kier alpha value is -1.55. The van der Waals surface area contributed by atoms with Gasteiger partial charge in [0, 0.05) is 24.1 Å². The molecule has 20 heavy (non-hydrogen) atoms. The van der Waals surface area contributed by atoms with Gasteiger partial charge in [-0.25, -0.2) is 4.98 Å². The molecule has 108 valence electrons. The zero-order valence-corrected chi connectivity index (χ0v) is 12.5. The molecule has 0 aliphatic heterocycles. The van der Waals surface area contributed by atoms with E-state index in [1.54, 1.807) is 7.11 Å². The maximum Gasteiger partial charge on any atom is 0.121 e. The van der Waals surface area contributed by atoms with E-state index in [0.717, 1.165) is 36.5 Å². The number of hydrogen-bond acceptors (Lipinski definition) is 3. The monoisotopic (exact) mass is 273 g/mol. The Morgan fingerprint density at radius 2 is 2.30 bits per heavy atom. The zero-order chi connectivity index (χ0) is 14.3. The molecular formula is C16H23N3O. The molecule has 2 aromatic rings. The molecule has 3 rings (SSSR count). The van der Waals surface area contributed by atoms with Crippen molar-refractivity contribution in [2.45, 2.75) is 51.1 Å². The fourth-order valence-corrected chi connectivity index (χ4v) is 3.46. The number of fused-ring (bicyclic) bond motifs is 1. The third kappa shape index (κ3) is 1.82. The van der Waals surface area contributed by atoms with Gasteiger partial charge in [-0.2, -0.15) is 0 Å². The van der Waals surface area contributed by atoms with E-state index in [0.29, 0.717) is 0 Å². The summed E-state index contributed by atoms with van der Waals surface area (Å²) >= 11 is 0. The molecule has 0 radical (unpaired) electrons. The molecule has 1 aromatic carbocycles. The number of methoxy groups -OCH3 is 1. The molecule has 1 aliphatic carbocycles. The maximum atomic E-state index is 6.37. The molecule has 1 aliphatic rings. The number of rotatable bonds is 3. The summed E-state index contributed by atoms with van der Waals surface area (Å²) in [5, 5.41) is 0. The van der Waals surface area contributed by atoms with Crippen LogP contribution in [-0.4, -0.2) is 22.7 Å². The molecule has 2 N–H and O–H groups in total. The van der Waals surface area contributed by atoms with Crippen molar-refractivity contribution < 1.29 is 4.74 Å². The first-order chi connectivity index (χ1) is 9.60. The number of nitrogens with zero attached hydrogens (tertiary/aromatic N) is 2. The van der Waals surface area contributed by atoms with Gasteiger partial charge in [0.25, 0.3) is 0 Å². The highest BCUT2D eigenvalue weighted by molar-refractivity contribution is 5.78. The van der Waals surface area contributed by atoms with Crippen LogP contribution in [0.4, 0.5) is 0 Å². The maximum absolute atomic E-state index is 6.37. The first-order valence-electron chi connectivity index (χ1n) is 7.40. The SMILES string of the molecule is CCn1c(C2(C)CCCC2N)nc2cc(OC)ccc21. The molecule has 2 unspecified atom stereocenters. The largest absolute Gasteiger partial charge is 0.497 e. The van der Waals surface area contributed by atoms with Crippen molar-refractivity contribution in [1.29, 1.82) is 0 Å². The van der Waals surface area contributed by atoms with Gasteiger partial charge in [-0.3, -0.25) is 0 Å². The average molecular weight is 273 g/mol. The van der Waals surface area contributed by atoms with Crippen LogP contribution in [0.3, 0.4) is 0 Å². The van der Waals surface area contributed by atoms with E-state index in [4.69, 9.17) is 15.5 Å². The molecule has 1 heterocycles. The Kier molecular flexibility index (Phi) is 3.21. The van der Waals surface area contributed by atoms with Gasteiger partial charge in [0.1, 0.15) is 11.6 Å². The number of imidazole rings is 1. The molecule has 2 atom stereocenters. The van der Waals surface area contributed by atoms with Crippen LogP contribution in [-0.2, 0) is 12.0 Å². The molecule has 1 aromatic heterocycles. The van der Waals surface area contributed by atoms with Crippen LogP contribution in [0.5, 0.6) is 5.75 Å². The quantitative estimate of drug-likeness (QED) is 0.935. The number of nitrogens with two attached hydrogens (primary N) is 1. The Morgan fingerprint density at radius 3 is 2.90 bits per heavy atom. The van der Waals surface area contributed by atoms with Gasteiger partial charge >= 0.3 is 0 Å². The lowest BCUT2D eigenvalue weighted by Crippen LogP contribution is -2.40. The summed E-state index contributed by atoms with van der Waals surface area (Å²) in [7, 11) is 1.69. The number of hydrogen-bond donors (Lipinski definition) is 1. The van der Waals surface area contributed by atoms with Crippen LogP contribution in [0.25, 0.3) is 11.0 Å². The van der Waals surface area contributed by atoms with Gasteiger partial charge in [0.05, 0.1) is 18.1 Å². The minimum absolute atomic E-state index is 0.0116. The van der Waals surface area contributed by atoms with Crippen molar-refractivity contribution in [1.82, 2.24) is 9.55 Å². The van der Waals surface area contributed by atoms with E-state index in [1.807, 2.05) is 12.1 Å². The van der Waals surface area contributed by atoms with E-state index in [2.05, 4.69) is 24.5 Å². The number of benzene rings is 1. The minimum Gasteiger partial charge on any atom is -0.497 e. The molecule has 0 bridgehead atoms. The second-order valence-corrected chi connectivity index (χ2v) is 5.95. The molecule has 0 saturated heterocycles. The number of ether oxygens (including phenoxy) is 1. The molecular weight excluding hydrogens is 250 g/mol. The van der Waals surface area contributed by atoms with Crippen molar-refractivity contribution in [3.05, 3.63) is 24.0 Å². The lowest BCUT2D eigenvalue weighted by molar-refractivity contribution is 0.389. The van der Waals surface area contributed by atoms with Gasteiger partial charge in [0.15, 0.2) is 0 Å². The summed E-state index contributed by atoms with van der Waals surface area (Å²) in [6.45, 7) is 5.34. The van der Waals surface area contributed by atoms with E-state index in [1.165, 1.54) is 11.9 Å². The molecule has 4 heteroatoms. The van der Waals surface area contributed by atoms with Crippen LogP contribution in [0.1, 0.15) is 38.9 Å². The predicted molar refractivity (Wildman–Crippen MR) is 81.1 cm³/mol. The fourth-order valence-electron chi connectivity index (χ4n) is 3.46. The molecule has 0 spiro atoms. The lowest BCUT2D eigenvalue weighted by Gasteiger charge is -2.29. The highest BCUT2D eigenvalue weighted by atomic mass is 16.5. The van der Waals surface area contributed by atoms with Crippen molar-refractivity contribution in [2.75, 3.05) is 7.11 Å². The van der Waals surface area contributed by atoms with E-state index in [-0.39, 0.29) is 11.5 Å².